The second kappa shape index (κ2) is 7.36. The van der Waals surface area contributed by atoms with Gasteiger partial charge in [0, 0.05) is 13.1 Å². The van der Waals surface area contributed by atoms with Gasteiger partial charge in [-0.15, -0.1) is 0 Å². The molecule has 0 saturated carbocycles. The monoisotopic (exact) mass is 300 g/mol. The summed E-state index contributed by atoms with van der Waals surface area (Å²) in [4.78, 5) is -0.163. The van der Waals surface area contributed by atoms with E-state index in [-0.39, 0.29) is 36.7 Å². The van der Waals surface area contributed by atoms with Crippen LogP contribution in [0.15, 0.2) is 23.1 Å². The molecule has 0 unspecified atom stereocenters. The molecule has 0 aliphatic rings. The zero-order valence-corrected chi connectivity index (χ0v) is 12.0. The molecule has 0 bridgehead atoms. The van der Waals surface area contributed by atoms with E-state index in [1.807, 2.05) is 0 Å². The first-order chi connectivity index (χ1) is 9.47. The van der Waals surface area contributed by atoms with E-state index in [2.05, 4.69) is 11.8 Å². The summed E-state index contributed by atoms with van der Waals surface area (Å²) in [6.07, 6.45) is 0. The summed E-state index contributed by atoms with van der Waals surface area (Å²) in [5, 5.41) is 8.86. The van der Waals surface area contributed by atoms with Crippen molar-refractivity contribution in [2.45, 2.75) is 11.8 Å². The standard InChI is InChI=1S/C13H17FN2O3S/c1-2-16(8-9-17)20(18,19)12-6-5-11(4-3-7-15)13(14)10-12/h5-6,10,17H,2,7-9,15H2,1H3. The number of benzene rings is 1. The molecule has 0 spiro atoms. The zero-order chi connectivity index (χ0) is 15.2. The van der Waals surface area contributed by atoms with Crippen molar-refractivity contribution >= 4 is 10.0 Å². The Bertz CT molecular complexity index is 620. The Balaban J connectivity index is 3.17. The molecule has 0 heterocycles. The molecule has 3 N–H and O–H groups in total. The van der Waals surface area contributed by atoms with Crippen LogP contribution in [0.2, 0.25) is 0 Å². The Morgan fingerprint density at radius 2 is 2.15 bits per heavy atom. The lowest BCUT2D eigenvalue weighted by molar-refractivity contribution is 0.257. The third-order valence-electron chi connectivity index (χ3n) is 2.61. The average Bonchev–Trinajstić information content (AvgIpc) is 2.43. The Morgan fingerprint density at radius 3 is 2.65 bits per heavy atom. The first-order valence-electron chi connectivity index (χ1n) is 6.06. The van der Waals surface area contributed by atoms with Crippen molar-refractivity contribution in [2.75, 3.05) is 26.2 Å². The van der Waals surface area contributed by atoms with E-state index in [9.17, 15) is 12.8 Å². The third kappa shape index (κ3) is 3.77. The van der Waals surface area contributed by atoms with Gasteiger partial charge in [0.25, 0.3) is 0 Å². The summed E-state index contributed by atoms with van der Waals surface area (Å²) in [6.45, 7) is 1.61. The molecule has 20 heavy (non-hydrogen) atoms. The second-order valence-corrected chi connectivity index (χ2v) is 5.81. The molecule has 0 atom stereocenters. The smallest absolute Gasteiger partial charge is 0.243 e. The fourth-order valence-electron chi connectivity index (χ4n) is 1.61. The van der Waals surface area contributed by atoms with Gasteiger partial charge in [0.1, 0.15) is 5.82 Å². The number of aliphatic hydroxyl groups excluding tert-OH is 1. The van der Waals surface area contributed by atoms with E-state index in [1.165, 1.54) is 12.1 Å². The quantitative estimate of drug-likeness (QED) is 0.758. The number of halogens is 1. The number of nitrogens with zero attached hydrogens (tertiary/aromatic N) is 1. The van der Waals surface area contributed by atoms with Gasteiger partial charge < -0.3 is 10.8 Å². The van der Waals surface area contributed by atoms with Crippen molar-refractivity contribution in [3.05, 3.63) is 29.6 Å². The summed E-state index contributed by atoms with van der Waals surface area (Å²) in [5.41, 5.74) is 5.29. The van der Waals surface area contributed by atoms with Crippen molar-refractivity contribution in [2.24, 2.45) is 5.73 Å². The highest BCUT2D eigenvalue weighted by Crippen LogP contribution is 2.18. The second-order valence-electron chi connectivity index (χ2n) is 3.87. The Morgan fingerprint density at radius 1 is 1.45 bits per heavy atom. The number of rotatable bonds is 5. The molecule has 0 aliphatic heterocycles. The topological polar surface area (TPSA) is 83.6 Å². The number of aliphatic hydroxyl groups is 1. The molecule has 0 fully saturated rings. The molecule has 7 heteroatoms. The van der Waals surface area contributed by atoms with Crippen LogP contribution in [0.5, 0.6) is 0 Å². The summed E-state index contributed by atoms with van der Waals surface area (Å²) < 4.78 is 39.3. The molecule has 1 aromatic carbocycles. The Hall–Kier alpha value is -1.46. The van der Waals surface area contributed by atoms with Crippen molar-refractivity contribution in [3.63, 3.8) is 0 Å². The lowest BCUT2D eigenvalue weighted by atomic mass is 10.2. The summed E-state index contributed by atoms with van der Waals surface area (Å²) >= 11 is 0. The average molecular weight is 300 g/mol. The van der Waals surface area contributed by atoms with Gasteiger partial charge in [-0.2, -0.15) is 4.31 Å². The molecule has 0 radical (unpaired) electrons. The molecule has 0 aliphatic carbocycles. The minimum Gasteiger partial charge on any atom is -0.395 e. The van der Waals surface area contributed by atoms with Crippen LogP contribution < -0.4 is 5.73 Å². The number of likely N-dealkylation sites (N-methyl/N-ethyl adjacent to an activating group) is 1. The minimum absolute atomic E-state index is 0.0326. The molecule has 0 aromatic heterocycles. The lowest BCUT2D eigenvalue weighted by Crippen LogP contribution is -2.33. The van der Waals surface area contributed by atoms with Crippen LogP contribution in [0.4, 0.5) is 4.39 Å². The highest BCUT2D eigenvalue weighted by molar-refractivity contribution is 7.89. The van der Waals surface area contributed by atoms with Crippen LogP contribution in [0.25, 0.3) is 0 Å². The van der Waals surface area contributed by atoms with E-state index < -0.39 is 15.8 Å². The van der Waals surface area contributed by atoms with Gasteiger partial charge in [0.2, 0.25) is 10.0 Å². The number of hydrogen-bond donors (Lipinski definition) is 2. The van der Waals surface area contributed by atoms with Gasteiger partial charge in [-0.25, -0.2) is 12.8 Å². The largest absolute Gasteiger partial charge is 0.395 e. The van der Waals surface area contributed by atoms with Gasteiger partial charge in [-0.05, 0) is 18.2 Å². The van der Waals surface area contributed by atoms with E-state index in [1.54, 1.807) is 6.92 Å². The maximum Gasteiger partial charge on any atom is 0.243 e. The molecule has 0 saturated heterocycles. The molecule has 1 aromatic rings. The highest BCUT2D eigenvalue weighted by atomic mass is 32.2. The summed E-state index contributed by atoms with van der Waals surface area (Å²) in [7, 11) is -3.81. The van der Waals surface area contributed by atoms with Gasteiger partial charge in [0.15, 0.2) is 0 Å². The van der Waals surface area contributed by atoms with Gasteiger partial charge in [-0.3, -0.25) is 0 Å². The Kier molecular flexibility index (Phi) is 6.10. The highest BCUT2D eigenvalue weighted by Gasteiger charge is 2.23. The Labute approximate surface area is 118 Å². The molecular formula is C13H17FN2O3S. The normalized spacial score (nSPS) is 11.2. The van der Waals surface area contributed by atoms with E-state index in [0.29, 0.717) is 0 Å². The minimum atomic E-state index is -3.81. The van der Waals surface area contributed by atoms with Crippen molar-refractivity contribution < 1.29 is 17.9 Å². The van der Waals surface area contributed by atoms with Crippen LogP contribution >= 0.6 is 0 Å². The summed E-state index contributed by atoms with van der Waals surface area (Å²) in [5.74, 6) is 4.31. The van der Waals surface area contributed by atoms with Crippen LogP contribution in [0.3, 0.4) is 0 Å². The van der Waals surface area contributed by atoms with E-state index in [4.69, 9.17) is 10.8 Å². The molecule has 5 nitrogen and oxygen atoms in total. The molecule has 110 valence electrons. The summed E-state index contributed by atoms with van der Waals surface area (Å²) in [6, 6.07) is 3.52. The number of sulfonamides is 1. The van der Waals surface area contributed by atoms with Gasteiger partial charge in [-0.1, -0.05) is 18.8 Å². The maximum atomic E-state index is 13.8. The van der Waals surface area contributed by atoms with Crippen LogP contribution in [-0.2, 0) is 10.0 Å². The molecule has 1 rings (SSSR count). The third-order valence-corrected chi connectivity index (χ3v) is 4.58. The van der Waals surface area contributed by atoms with Crippen molar-refractivity contribution in [3.8, 4) is 11.8 Å². The molecular weight excluding hydrogens is 283 g/mol. The van der Waals surface area contributed by atoms with Crippen LogP contribution in [-0.4, -0.2) is 44.1 Å². The van der Waals surface area contributed by atoms with Crippen LogP contribution in [0, 0.1) is 17.7 Å². The fourth-order valence-corrected chi connectivity index (χ4v) is 3.07. The first-order valence-corrected chi connectivity index (χ1v) is 7.50. The van der Waals surface area contributed by atoms with Crippen molar-refractivity contribution in [1.82, 2.24) is 4.31 Å². The van der Waals surface area contributed by atoms with Crippen molar-refractivity contribution in [1.29, 1.82) is 0 Å². The zero-order valence-electron chi connectivity index (χ0n) is 11.1. The van der Waals surface area contributed by atoms with E-state index in [0.717, 1.165) is 10.4 Å². The molecule has 0 amide bonds. The SMILES string of the molecule is CCN(CCO)S(=O)(=O)c1ccc(C#CCN)c(F)c1. The van der Waals surface area contributed by atoms with Crippen LogP contribution in [0.1, 0.15) is 12.5 Å². The predicted octanol–water partition coefficient (Wildman–Crippen LogP) is 0.139. The predicted molar refractivity (Wildman–Crippen MR) is 73.9 cm³/mol. The maximum absolute atomic E-state index is 13.8. The lowest BCUT2D eigenvalue weighted by Gasteiger charge is -2.19. The van der Waals surface area contributed by atoms with Gasteiger partial charge >= 0.3 is 0 Å². The fraction of sp³-hybridized carbons (Fsp3) is 0.385. The first kappa shape index (κ1) is 16.6. The van der Waals surface area contributed by atoms with E-state index >= 15 is 0 Å². The number of nitrogens with two attached hydrogens (primary N) is 1. The van der Waals surface area contributed by atoms with Gasteiger partial charge in [0.05, 0.1) is 23.6 Å². The number of hydrogen-bond acceptors (Lipinski definition) is 4.